The summed E-state index contributed by atoms with van der Waals surface area (Å²) in [6.07, 6.45) is -0.683. The van der Waals surface area contributed by atoms with Gasteiger partial charge in [-0.15, -0.1) is 0 Å². The van der Waals surface area contributed by atoms with E-state index in [0.717, 1.165) is 5.56 Å². The fourth-order valence-corrected chi connectivity index (χ4v) is 1.82. The van der Waals surface area contributed by atoms with Crippen LogP contribution in [-0.4, -0.2) is 31.9 Å². The maximum absolute atomic E-state index is 9.80. The van der Waals surface area contributed by atoms with Crippen molar-refractivity contribution in [3.63, 3.8) is 0 Å². The molecule has 5 heteroatoms. The number of nitrogens with one attached hydrogen (secondary N) is 1. The summed E-state index contributed by atoms with van der Waals surface area (Å²) in [5.74, 6) is 0.677. The van der Waals surface area contributed by atoms with Crippen molar-refractivity contribution in [3.8, 4) is 5.75 Å². The van der Waals surface area contributed by atoms with Gasteiger partial charge in [0.2, 0.25) is 0 Å². The molecule has 0 heterocycles. The van der Waals surface area contributed by atoms with E-state index in [4.69, 9.17) is 22.1 Å². The van der Waals surface area contributed by atoms with Crippen LogP contribution >= 0.6 is 11.6 Å². The second-order valence-corrected chi connectivity index (χ2v) is 3.89. The first kappa shape index (κ1) is 13.3. The Morgan fingerprint density at radius 1 is 1.56 bits per heavy atom. The van der Waals surface area contributed by atoms with Crippen molar-refractivity contribution >= 4 is 11.6 Å². The van der Waals surface area contributed by atoms with E-state index in [1.54, 1.807) is 32.4 Å². The van der Waals surface area contributed by atoms with E-state index < -0.39 is 6.10 Å². The minimum absolute atomic E-state index is 0.168. The summed E-state index contributed by atoms with van der Waals surface area (Å²) < 4.78 is 5.23. The van der Waals surface area contributed by atoms with Crippen LogP contribution in [0.5, 0.6) is 5.75 Å². The highest BCUT2D eigenvalue weighted by Gasteiger charge is 2.21. The SMILES string of the molecule is CNC(c1cc(Cl)ccc1OC)C(O)CN. The molecule has 0 aliphatic carbocycles. The Bertz CT molecular complexity index is 347. The maximum Gasteiger partial charge on any atom is 0.123 e. The average Bonchev–Trinajstić information content (AvgIpc) is 2.30. The van der Waals surface area contributed by atoms with Gasteiger partial charge in [0.05, 0.1) is 19.3 Å². The van der Waals surface area contributed by atoms with Gasteiger partial charge >= 0.3 is 0 Å². The molecule has 1 rings (SSSR count). The van der Waals surface area contributed by atoms with Gasteiger partial charge in [0, 0.05) is 17.1 Å². The number of methoxy groups -OCH3 is 1. The number of hydrogen-bond acceptors (Lipinski definition) is 4. The predicted octanol–water partition coefficient (Wildman–Crippen LogP) is 0.929. The van der Waals surface area contributed by atoms with Gasteiger partial charge in [-0.1, -0.05) is 11.6 Å². The van der Waals surface area contributed by atoms with Crippen molar-refractivity contribution < 1.29 is 9.84 Å². The second kappa shape index (κ2) is 6.06. The first-order valence-electron chi connectivity index (χ1n) is 5.02. The van der Waals surface area contributed by atoms with Crippen molar-refractivity contribution in [2.24, 2.45) is 5.73 Å². The molecule has 0 fully saturated rings. The minimum atomic E-state index is -0.683. The molecule has 4 nitrogen and oxygen atoms in total. The quantitative estimate of drug-likeness (QED) is 0.721. The second-order valence-electron chi connectivity index (χ2n) is 3.46. The van der Waals surface area contributed by atoms with E-state index in [9.17, 15) is 5.11 Å². The van der Waals surface area contributed by atoms with Gasteiger partial charge in [0.15, 0.2) is 0 Å². The highest BCUT2D eigenvalue weighted by atomic mass is 35.5. The van der Waals surface area contributed by atoms with Crippen molar-refractivity contribution in [2.45, 2.75) is 12.1 Å². The molecule has 1 aromatic carbocycles. The molecule has 4 N–H and O–H groups in total. The predicted molar refractivity (Wildman–Crippen MR) is 64.9 cm³/mol. The topological polar surface area (TPSA) is 67.5 Å². The fraction of sp³-hybridized carbons (Fsp3) is 0.455. The van der Waals surface area contributed by atoms with Crippen LogP contribution in [0.2, 0.25) is 5.02 Å². The van der Waals surface area contributed by atoms with Crippen LogP contribution in [0.1, 0.15) is 11.6 Å². The number of rotatable bonds is 5. The summed E-state index contributed by atoms with van der Waals surface area (Å²) in [5.41, 5.74) is 6.25. The number of aliphatic hydroxyl groups is 1. The van der Waals surface area contributed by atoms with Gasteiger partial charge in [-0.25, -0.2) is 0 Å². The Kier molecular flexibility index (Phi) is 5.02. The highest BCUT2D eigenvalue weighted by molar-refractivity contribution is 6.30. The number of hydrogen-bond donors (Lipinski definition) is 3. The number of nitrogens with two attached hydrogens (primary N) is 1. The molecule has 2 atom stereocenters. The normalized spacial score (nSPS) is 14.6. The molecule has 0 amide bonds. The van der Waals surface area contributed by atoms with Crippen LogP contribution in [0.25, 0.3) is 0 Å². The minimum Gasteiger partial charge on any atom is -0.496 e. The first-order valence-corrected chi connectivity index (χ1v) is 5.40. The summed E-state index contributed by atoms with van der Waals surface area (Å²) in [5, 5.41) is 13.4. The lowest BCUT2D eigenvalue weighted by atomic mass is 10.0. The van der Waals surface area contributed by atoms with Gasteiger partial charge < -0.3 is 20.9 Å². The Labute approximate surface area is 100 Å². The van der Waals surface area contributed by atoms with E-state index in [0.29, 0.717) is 10.8 Å². The third-order valence-electron chi connectivity index (χ3n) is 2.46. The molecule has 0 aliphatic rings. The molecule has 0 saturated carbocycles. The number of ether oxygens (including phenoxy) is 1. The van der Waals surface area contributed by atoms with Crippen molar-refractivity contribution in [1.82, 2.24) is 5.32 Å². The molecule has 0 spiro atoms. The Balaban J connectivity index is 3.11. The molecule has 16 heavy (non-hydrogen) atoms. The van der Waals surface area contributed by atoms with Gasteiger partial charge in [-0.2, -0.15) is 0 Å². The van der Waals surface area contributed by atoms with Gasteiger partial charge in [0.1, 0.15) is 5.75 Å². The van der Waals surface area contributed by atoms with Crippen molar-refractivity contribution in [2.75, 3.05) is 20.7 Å². The third kappa shape index (κ3) is 2.86. The average molecular weight is 245 g/mol. The fourth-order valence-electron chi connectivity index (χ4n) is 1.64. The largest absolute Gasteiger partial charge is 0.496 e. The van der Waals surface area contributed by atoms with Gasteiger partial charge in [0.25, 0.3) is 0 Å². The third-order valence-corrected chi connectivity index (χ3v) is 2.70. The van der Waals surface area contributed by atoms with Crippen molar-refractivity contribution in [1.29, 1.82) is 0 Å². The molecular formula is C11H17ClN2O2. The monoisotopic (exact) mass is 244 g/mol. The molecule has 1 aromatic rings. The van der Waals surface area contributed by atoms with E-state index in [-0.39, 0.29) is 12.6 Å². The highest BCUT2D eigenvalue weighted by Crippen LogP contribution is 2.29. The summed E-state index contributed by atoms with van der Waals surface area (Å²) >= 11 is 5.93. The number of halogens is 1. The zero-order valence-electron chi connectivity index (χ0n) is 9.40. The smallest absolute Gasteiger partial charge is 0.123 e. The van der Waals surface area contributed by atoms with Crippen LogP contribution in [0.15, 0.2) is 18.2 Å². The van der Waals surface area contributed by atoms with Crippen LogP contribution in [-0.2, 0) is 0 Å². The Morgan fingerprint density at radius 2 is 2.25 bits per heavy atom. The van der Waals surface area contributed by atoms with E-state index in [1.807, 2.05) is 0 Å². The van der Waals surface area contributed by atoms with E-state index in [1.165, 1.54) is 0 Å². The number of aliphatic hydroxyl groups excluding tert-OH is 1. The molecule has 90 valence electrons. The standard InChI is InChI=1S/C11H17ClN2O2/c1-14-11(9(15)6-13)8-5-7(12)3-4-10(8)16-2/h3-5,9,11,14-15H,6,13H2,1-2H3. The number of benzene rings is 1. The van der Waals surface area contributed by atoms with Crippen molar-refractivity contribution in [3.05, 3.63) is 28.8 Å². The first-order chi connectivity index (χ1) is 7.63. The zero-order valence-corrected chi connectivity index (χ0v) is 10.2. The van der Waals surface area contributed by atoms with Gasteiger partial charge in [-0.3, -0.25) is 0 Å². The lowest BCUT2D eigenvalue weighted by Gasteiger charge is -2.23. The van der Waals surface area contributed by atoms with Gasteiger partial charge in [-0.05, 0) is 25.2 Å². The molecule has 2 unspecified atom stereocenters. The maximum atomic E-state index is 9.80. The summed E-state index contributed by atoms with van der Waals surface area (Å²) in [7, 11) is 3.33. The molecule has 0 saturated heterocycles. The van der Waals surface area contributed by atoms with Crippen LogP contribution in [0, 0.1) is 0 Å². The zero-order chi connectivity index (χ0) is 12.1. The van der Waals surface area contributed by atoms with Crippen LogP contribution in [0.4, 0.5) is 0 Å². The Morgan fingerprint density at radius 3 is 2.75 bits per heavy atom. The lowest BCUT2D eigenvalue weighted by Crippen LogP contribution is -2.35. The molecule has 0 bridgehead atoms. The van der Waals surface area contributed by atoms with E-state index >= 15 is 0 Å². The Hall–Kier alpha value is -0.810. The molecular weight excluding hydrogens is 228 g/mol. The summed E-state index contributed by atoms with van der Waals surface area (Å²) in [4.78, 5) is 0. The number of likely N-dealkylation sites (N-methyl/N-ethyl adjacent to an activating group) is 1. The van der Waals surface area contributed by atoms with Crippen LogP contribution < -0.4 is 15.8 Å². The molecule has 0 aromatic heterocycles. The summed E-state index contributed by atoms with van der Waals surface area (Å²) in [6, 6.07) is 4.98. The summed E-state index contributed by atoms with van der Waals surface area (Å²) in [6.45, 7) is 0.168. The van der Waals surface area contributed by atoms with Crippen LogP contribution in [0.3, 0.4) is 0 Å². The van der Waals surface area contributed by atoms with E-state index in [2.05, 4.69) is 5.32 Å². The molecule has 0 aliphatic heterocycles. The lowest BCUT2D eigenvalue weighted by molar-refractivity contribution is 0.137. The molecule has 0 radical (unpaired) electrons.